The van der Waals surface area contributed by atoms with Crippen LogP contribution < -0.4 is 0 Å². The van der Waals surface area contributed by atoms with E-state index in [1.54, 1.807) is 11.3 Å². The molecule has 0 spiro atoms. The molecular weight excluding hydrogens is 216 g/mol. The highest BCUT2D eigenvalue weighted by atomic mass is 32.1. The summed E-state index contributed by atoms with van der Waals surface area (Å²) in [5, 5.41) is 10.0. The second-order valence-corrected chi connectivity index (χ2v) is 5.31. The summed E-state index contributed by atoms with van der Waals surface area (Å²) >= 11 is 1.68. The zero-order chi connectivity index (χ0) is 11.4. The van der Waals surface area contributed by atoms with Gasteiger partial charge in [0.2, 0.25) is 0 Å². The summed E-state index contributed by atoms with van der Waals surface area (Å²) in [6.45, 7) is 2.07. The predicted molar refractivity (Wildman–Crippen MR) is 68.8 cm³/mol. The number of hydrogen-bond donors (Lipinski definition) is 1. The van der Waals surface area contributed by atoms with Crippen LogP contribution in [0.25, 0.3) is 0 Å². The van der Waals surface area contributed by atoms with Gasteiger partial charge < -0.3 is 5.11 Å². The van der Waals surface area contributed by atoms with Crippen molar-refractivity contribution in [1.82, 2.24) is 0 Å². The molecule has 1 heterocycles. The fourth-order valence-corrected chi connectivity index (χ4v) is 2.62. The highest BCUT2D eigenvalue weighted by Crippen LogP contribution is 2.25. The number of aliphatic hydroxyl groups excluding tert-OH is 1. The van der Waals surface area contributed by atoms with E-state index in [1.807, 2.05) is 24.3 Å². The average molecular weight is 232 g/mol. The van der Waals surface area contributed by atoms with Gasteiger partial charge in [-0.1, -0.05) is 30.3 Å². The molecule has 0 aliphatic rings. The van der Waals surface area contributed by atoms with Gasteiger partial charge in [-0.2, -0.15) is 0 Å². The molecule has 0 radical (unpaired) electrons. The van der Waals surface area contributed by atoms with Gasteiger partial charge in [-0.05, 0) is 37.5 Å². The number of hydrogen-bond acceptors (Lipinski definition) is 2. The lowest BCUT2D eigenvalue weighted by Crippen LogP contribution is -1.97. The minimum absolute atomic E-state index is 0.320. The Hall–Kier alpha value is -1.12. The van der Waals surface area contributed by atoms with Crippen LogP contribution in [-0.2, 0) is 6.42 Å². The van der Waals surface area contributed by atoms with Crippen LogP contribution in [-0.4, -0.2) is 5.11 Å². The molecule has 0 aliphatic heterocycles. The SMILES string of the molecule is Cc1ccc(C(O)CCc2ccccc2)s1. The highest BCUT2D eigenvalue weighted by Gasteiger charge is 2.09. The third-order valence-corrected chi connectivity index (χ3v) is 3.74. The van der Waals surface area contributed by atoms with Crippen LogP contribution in [0.3, 0.4) is 0 Å². The van der Waals surface area contributed by atoms with Crippen LogP contribution in [0.2, 0.25) is 0 Å². The Bertz CT molecular complexity index is 433. The molecule has 0 saturated heterocycles. The normalized spacial score (nSPS) is 12.6. The third kappa shape index (κ3) is 2.94. The lowest BCUT2D eigenvalue weighted by Gasteiger charge is -2.08. The molecule has 2 rings (SSSR count). The summed E-state index contributed by atoms with van der Waals surface area (Å²) in [7, 11) is 0. The van der Waals surface area contributed by atoms with E-state index in [2.05, 4.69) is 25.1 Å². The van der Waals surface area contributed by atoms with Gasteiger partial charge in [-0.15, -0.1) is 11.3 Å². The number of rotatable bonds is 4. The van der Waals surface area contributed by atoms with Crippen molar-refractivity contribution in [2.45, 2.75) is 25.9 Å². The molecule has 2 aromatic rings. The Morgan fingerprint density at radius 3 is 2.50 bits per heavy atom. The lowest BCUT2D eigenvalue weighted by molar-refractivity contribution is 0.171. The predicted octanol–water partition coefficient (Wildman–Crippen LogP) is 3.72. The van der Waals surface area contributed by atoms with Gasteiger partial charge in [0.25, 0.3) is 0 Å². The third-order valence-electron chi connectivity index (χ3n) is 2.64. The first-order valence-corrected chi connectivity index (χ1v) is 6.35. The highest BCUT2D eigenvalue weighted by molar-refractivity contribution is 7.11. The number of thiophene rings is 1. The minimum atomic E-state index is -0.320. The Balaban J connectivity index is 1.91. The quantitative estimate of drug-likeness (QED) is 0.851. The molecule has 0 amide bonds. The van der Waals surface area contributed by atoms with Crippen LogP contribution in [0, 0.1) is 6.92 Å². The van der Waals surface area contributed by atoms with E-state index in [1.165, 1.54) is 10.4 Å². The first-order chi connectivity index (χ1) is 7.75. The maximum absolute atomic E-state index is 10.0. The molecule has 16 heavy (non-hydrogen) atoms. The van der Waals surface area contributed by atoms with Crippen molar-refractivity contribution < 1.29 is 5.11 Å². The van der Waals surface area contributed by atoms with Crippen molar-refractivity contribution in [2.75, 3.05) is 0 Å². The summed E-state index contributed by atoms with van der Waals surface area (Å²) < 4.78 is 0. The van der Waals surface area contributed by atoms with Gasteiger partial charge in [0.05, 0.1) is 6.10 Å². The molecule has 1 atom stereocenters. The van der Waals surface area contributed by atoms with E-state index in [0.29, 0.717) is 0 Å². The minimum Gasteiger partial charge on any atom is -0.388 e. The van der Waals surface area contributed by atoms with Gasteiger partial charge in [-0.3, -0.25) is 0 Å². The van der Waals surface area contributed by atoms with Gasteiger partial charge in [0, 0.05) is 9.75 Å². The van der Waals surface area contributed by atoms with E-state index in [9.17, 15) is 5.11 Å². The smallest absolute Gasteiger partial charge is 0.0885 e. The molecule has 1 nitrogen and oxygen atoms in total. The maximum atomic E-state index is 10.0. The molecule has 0 fully saturated rings. The largest absolute Gasteiger partial charge is 0.388 e. The first kappa shape index (κ1) is 11.4. The standard InChI is InChI=1S/C14H16OS/c1-11-7-10-14(16-11)13(15)9-8-12-5-3-2-4-6-12/h2-7,10,13,15H,8-9H2,1H3. The van der Waals surface area contributed by atoms with Crippen LogP contribution in [0.4, 0.5) is 0 Å². The van der Waals surface area contributed by atoms with E-state index in [4.69, 9.17) is 0 Å². The molecule has 0 aliphatic carbocycles. The van der Waals surface area contributed by atoms with Gasteiger partial charge in [-0.25, -0.2) is 0 Å². The number of aryl methyl sites for hydroxylation is 2. The zero-order valence-electron chi connectivity index (χ0n) is 9.39. The molecule has 1 unspecified atom stereocenters. The molecule has 1 aromatic carbocycles. The molecule has 84 valence electrons. The fraction of sp³-hybridized carbons (Fsp3) is 0.286. The average Bonchev–Trinajstić information content (AvgIpc) is 2.74. The van der Waals surface area contributed by atoms with E-state index in [0.717, 1.165) is 17.7 Å². The number of benzene rings is 1. The van der Waals surface area contributed by atoms with Gasteiger partial charge in [0.1, 0.15) is 0 Å². The summed E-state index contributed by atoms with van der Waals surface area (Å²) in [4.78, 5) is 2.34. The number of aliphatic hydroxyl groups is 1. The zero-order valence-corrected chi connectivity index (χ0v) is 10.2. The van der Waals surface area contributed by atoms with E-state index in [-0.39, 0.29) is 6.10 Å². The summed E-state index contributed by atoms with van der Waals surface area (Å²) in [5.41, 5.74) is 1.29. The summed E-state index contributed by atoms with van der Waals surface area (Å²) in [6, 6.07) is 14.4. The van der Waals surface area contributed by atoms with Crippen molar-refractivity contribution in [3.63, 3.8) is 0 Å². The summed E-state index contributed by atoms with van der Waals surface area (Å²) in [5.74, 6) is 0. The maximum Gasteiger partial charge on any atom is 0.0885 e. The molecule has 1 N–H and O–H groups in total. The summed E-state index contributed by atoms with van der Waals surface area (Å²) in [6.07, 6.45) is 1.40. The Morgan fingerprint density at radius 2 is 1.88 bits per heavy atom. The Morgan fingerprint density at radius 1 is 1.12 bits per heavy atom. The molecule has 0 bridgehead atoms. The van der Waals surface area contributed by atoms with Crippen molar-refractivity contribution >= 4 is 11.3 Å². The monoisotopic (exact) mass is 232 g/mol. The Labute approximate surface area is 100 Å². The fourth-order valence-electron chi connectivity index (χ4n) is 1.72. The van der Waals surface area contributed by atoms with Crippen molar-refractivity contribution in [1.29, 1.82) is 0 Å². The van der Waals surface area contributed by atoms with Crippen LogP contribution >= 0.6 is 11.3 Å². The second-order valence-electron chi connectivity index (χ2n) is 3.99. The first-order valence-electron chi connectivity index (χ1n) is 5.54. The molecule has 0 saturated carbocycles. The molecule has 2 heteroatoms. The topological polar surface area (TPSA) is 20.2 Å². The second kappa shape index (κ2) is 5.28. The lowest BCUT2D eigenvalue weighted by atomic mass is 10.1. The van der Waals surface area contributed by atoms with Crippen molar-refractivity contribution in [3.05, 3.63) is 57.8 Å². The van der Waals surface area contributed by atoms with Crippen LogP contribution in [0.5, 0.6) is 0 Å². The van der Waals surface area contributed by atoms with Crippen molar-refractivity contribution in [2.24, 2.45) is 0 Å². The van der Waals surface area contributed by atoms with Gasteiger partial charge in [0.15, 0.2) is 0 Å². The Kier molecular flexibility index (Phi) is 3.75. The van der Waals surface area contributed by atoms with Gasteiger partial charge >= 0.3 is 0 Å². The van der Waals surface area contributed by atoms with E-state index < -0.39 is 0 Å². The van der Waals surface area contributed by atoms with E-state index >= 15 is 0 Å². The molecule has 1 aromatic heterocycles. The van der Waals surface area contributed by atoms with Crippen LogP contribution in [0.15, 0.2) is 42.5 Å². The van der Waals surface area contributed by atoms with Crippen molar-refractivity contribution in [3.8, 4) is 0 Å². The van der Waals surface area contributed by atoms with Crippen LogP contribution in [0.1, 0.15) is 27.8 Å². The molecular formula is C14H16OS.